The Morgan fingerprint density at radius 2 is 2.17 bits per heavy atom. The monoisotopic (exact) mass is 343 g/mol. The third-order valence-corrected chi connectivity index (χ3v) is 4.48. The number of hydrogen-bond donors (Lipinski definition) is 0. The number of piperidine rings is 1. The van der Waals surface area contributed by atoms with Gasteiger partial charge in [0.25, 0.3) is 0 Å². The van der Waals surface area contributed by atoms with Crippen molar-refractivity contribution in [3.8, 4) is 0 Å². The van der Waals surface area contributed by atoms with Gasteiger partial charge in [0, 0.05) is 12.6 Å². The van der Waals surface area contributed by atoms with Gasteiger partial charge in [0.1, 0.15) is 0 Å². The van der Waals surface area contributed by atoms with Gasteiger partial charge in [-0.25, -0.2) is 0 Å². The largest absolute Gasteiger partial charge is 0.466 e. The summed E-state index contributed by atoms with van der Waals surface area (Å²) in [6, 6.07) is 5.54. The molecule has 1 aromatic carbocycles. The number of benzene rings is 1. The Labute approximate surface area is 140 Å². The van der Waals surface area contributed by atoms with Crippen LogP contribution in [0.25, 0.3) is 0 Å². The zero-order chi connectivity index (χ0) is 17.7. The minimum Gasteiger partial charge on any atom is -0.466 e. The smallest absolute Gasteiger partial charge is 0.416 e. The van der Waals surface area contributed by atoms with E-state index >= 15 is 0 Å². The summed E-state index contributed by atoms with van der Waals surface area (Å²) < 4.78 is 43.5. The maximum Gasteiger partial charge on any atom is 0.416 e. The Hall–Kier alpha value is -1.56. The number of hydrogen-bond acceptors (Lipinski definition) is 3. The van der Waals surface area contributed by atoms with Crippen LogP contribution >= 0.6 is 0 Å². The van der Waals surface area contributed by atoms with Crippen LogP contribution in [0.4, 0.5) is 13.2 Å². The zero-order valence-electron chi connectivity index (χ0n) is 14.1. The number of ether oxygens (including phenoxy) is 1. The number of carbonyl (C=O) groups excluding carboxylic acids is 1. The van der Waals surface area contributed by atoms with Gasteiger partial charge in [-0.05, 0) is 51.3 Å². The molecule has 0 bridgehead atoms. The average Bonchev–Trinajstić information content (AvgIpc) is 2.54. The molecule has 1 aliphatic rings. The lowest BCUT2D eigenvalue weighted by Crippen LogP contribution is -2.44. The van der Waals surface area contributed by atoms with Crippen molar-refractivity contribution in [2.45, 2.75) is 45.3 Å². The maximum absolute atomic E-state index is 12.8. The molecule has 0 radical (unpaired) electrons. The summed E-state index contributed by atoms with van der Waals surface area (Å²) in [5, 5.41) is 0. The molecule has 2 atom stereocenters. The van der Waals surface area contributed by atoms with Crippen LogP contribution in [0.1, 0.15) is 37.8 Å². The van der Waals surface area contributed by atoms with Gasteiger partial charge in [-0.15, -0.1) is 0 Å². The van der Waals surface area contributed by atoms with Crippen molar-refractivity contribution >= 4 is 5.97 Å². The summed E-state index contributed by atoms with van der Waals surface area (Å²) in [6.07, 6.45) is -2.08. The van der Waals surface area contributed by atoms with Gasteiger partial charge in [-0.2, -0.15) is 13.2 Å². The zero-order valence-corrected chi connectivity index (χ0v) is 14.1. The molecule has 0 unspecified atom stereocenters. The second-order valence-corrected chi connectivity index (χ2v) is 6.34. The molecule has 1 fully saturated rings. The van der Waals surface area contributed by atoms with E-state index in [0.29, 0.717) is 25.1 Å². The van der Waals surface area contributed by atoms with Crippen LogP contribution in [0, 0.1) is 5.92 Å². The van der Waals surface area contributed by atoms with Crippen molar-refractivity contribution in [3.63, 3.8) is 0 Å². The van der Waals surface area contributed by atoms with Crippen molar-refractivity contribution in [1.82, 2.24) is 4.90 Å². The molecule has 1 aliphatic heterocycles. The Morgan fingerprint density at radius 1 is 1.42 bits per heavy atom. The van der Waals surface area contributed by atoms with Gasteiger partial charge >= 0.3 is 12.1 Å². The van der Waals surface area contributed by atoms with Crippen LogP contribution in [0.5, 0.6) is 0 Å². The number of carbonyl (C=O) groups is 1. The molecule has 134 valence electrons. The lowest BCUT2D eigenvalue weighted by molar-refractivity contribution is -0.150. The van der Waals surface area contributed by atoms with Gasteiger partial charge < -0.3 is 4.74 Å². The van der Waals surface area contributed by atoms with E-state index in [-0.39, 0.29) is 17.9 Å². The molecular formula is C18H24F3NO2. The summed E-state index contributed by atoms with van der Waals surface area (Å²) in [7, 11) is 0. The van der Waals surface area contributed by atoms with Crippen LogP contribution < -0.4 is 0 Å². The van der Waals surface area contributed by atoms with E-state index in [9.17, 15) is 18.0 Å². The average molecular weight is 343 g/mol. The van der Waals surface area contributed by atoms with Gasteiger partial charge in [-0.3, -0.25) is 9.69 Å². The molecule has 24 heavy (non-hydrogen) atoms. The molecule has 0 aromatic heterocycles. The van der Waals surface area contributed by atoms with Crippen molar-refractivity contribution in [2.24, 2.45) is 5.92 Å². The Balaban J connectivity index is 1.99. The van der Waals surface area contributed by atoms with E-state index in [0.717, 1.165) is 25.5 Å². The Kier molecular flexibility index (Phi) is 6.27. The Bertz CT molecular complexity index is 559. The maximum atomic E-state index is 12.8. The van der Waals surface area contributed by atoms with Crippen LogP contribution in [0.2, 0.25) is 0 Å². The SMILES string of the molecule is CCOC(=O)[C@H]1CCCN([C@H](C)Cc2cccc(C(F)(F)F)c2)C1. The standard InChI is InChI=1S/C18H24F3NO2/c1-3-24-17(23)15-7-5-9-22(12-15)13(2)10-14-6-4-8-16(11-14)18(19,20)21/h4,6,8,11,13,15H,3,5,7,9-10,12H2,1-2H3/t13-,15+/m1/s1. The first-order valence-electron chi connectivity index (χ1n) is 8.38. The summed E-state index contributed by atoms with van der Waals surface area (Å²) in [5.74, 6) is -0.309. The van der Waals surface area contributed by atoms with E-state index in [4.69, 9.17) is 4.74 Å². The molecule has 0 N–H and O–H groups in total. The molecule has 1 heterocycles. The molecule has 0 amide bonds. The first kappa shape index (κ1) is 18.8. The molecule has 1 saturated heterocycles. The number of esters is 1. The van der Waals surface area contributed by atoms with Crippen LogP contribution in [0.3, 0.4) is 0 Å². The number of halogens is 3. The number of likely N-dealkylation sites (tertiary alicyclic amines) is 1. The number of alkyl halides is 3. The third kappa shape index (κ3) is 4.97. The molecule has 0 aliphatic carbocycles. The van der Waals surface area contributed by atoms with E-state index in [1.165, 1.54) is 12.1 Å². The fourth-order valence-corrected chi connectivity index (χ4v) is 3.20. The highest BCUT2D eigenvalue weighted by Gasteiger charge is 2.31. The van der Waals surface area contributed by atoms with E-state index < -0.39 is 11.7 Å². The van der Waals surface area contributed by atoms with Crippen molar-refractivity contribution < 1.29 is 22.7 Å². The molecule has 0 spiro atoms. The molecule has 2 rings (SSSR count). The predicted octanol–water partition coefficient (Wildman–Crippen LogP) is 3.91. The second-order valence-electron chi connectivity index (χ2n) is 6.34. The third-order valence-electron chi connectivity index (χ3n) is 4.48. The molecule has 0 saturated carbocycles. The fraction of sp³-hybridized carbons (Fsp3) is 0.611. The summed E-state index contributed by atoms with van der Waals surface area (Å²) >= 11 is 0. The number of nitrogens with zero attached hydrogens (tertiary/aromatic N) is 1. The first-order valence-corrected chi connectivity index (χ1v) is 8.38. The minimum absolute atomic E-state index is 0.0747. The highest BCUT2D eigenvalue weighted by Crippen LogP contribution is 2.30. The summed E-state index contributed by atoms with van der Waals surface area (Å²) in [6.45, 7) is 5.62. The van der Waals surface area contributed by atoms with Crippen LogP contribution in [0.15, 0.2) is 24.3 Å². The predicted molar refractivity (Wildman–Crippen MR) is 85.5 cm³/mol. The van der Waals surface area contributed by atoms with E-state index in [2.05, 4.69) is 4.90 Å². The van der Waals surface area contributed by atoms with Crippen molar-refractivity contribution in [3.05, 3.63) is 35.4 Å². The minimum atomic E-state index is -4.32. The van der Waals surface area contributed by atoms with Gasteiger partial charge in [0.2, 0.25) is 0 Å². The molecule has 1 aromatic rings. The van der Waals surface area contributed by atoms with Crippen LogP contribution in [-0.4, -0.2) is 36.6 Å². The van der Waals surface area contributed by atoms with Gasteiger partial charge in [0.05, 0.1) is 18.1 Å². The van der Waals surface area contributed by atoms with Gasteiger partial charge in [-0.1, -0.05) is 18.2 Å². The lowest BCUT2D eigenvalue weighted by Gasteiger charge is -2.36. The molecule has 6 heteroatoms. The first-order chi connectivity index (χ1) is 11.3. The van der Waals surface area contributed by atoms with Crippen molar-refractivity contribution in [1.29, 1.82) is 0 Å². The topological polar surface area (TPSA) is 29.5 Å². The van der Waals surface area contributed by atoms with Gasteiger partial charge in [0.15, 0.2) is 0 Å². The normalized spacial score (nSPS) is 20.6. The number of rotatable bonds is 5. The van der Waals surface area contributed by atoms with Crippen LogP contribution in [-0.2, 0) is 22.1 Å². The van der Waals surface area contributed by atoms with E-state index in [1.54, 1.807) is 13.0 Å². The van der Waals surface area contributed by atoms with Crippen molar-refractivity contribution in [2.75, 3.05) is 19.7 Å². The summed E-state index contributed by atoms with van der Waals surface area (Å²) in [5.41, 5.74) is 0.0471. The summed E-state index contributed by atoms with van der Waals surface area (Å²) in [4.78, 5) is 14.1. The molecule has 3 nitrogen and oxygen atoms in total. The Morgan fingerprint density at radius 3 is 2.83 bits per heavy atom. The second kappa shape index (κ2) is 8.01. The lowest BCUT2D eigenvalue weighted by atomic mass is 9.95. The highest BCUT2D eigenvalue weighted by molar-refractivity contribution is 5.72. The molecular weight excluding hydrogens is 319 g/mol. The highest BCUT2D eigenvalue weighted by atomic mass is 19.4. The van der Waals surface area contributed by atoms with E-state index in [1.807, 2.05) is 6.92 Å². The quantitative estimate of drug-likeness (QED) is 0.759. The fourth-order valence-electron chi connectivity index (χ4n) is 3.20.